The molecule has 3 N–H and O–H groups in total. The second kappa shape index (κ2) is 5.97. The fourth-order valence-electron chi connectivity index (χ4n) is 0.655. The summed E-state index contributed by atoms with van der Waals surface area (Å²) in [4.78, 5) is 2.27. The molecule has 1 rings (SSSR count). The third kappa shape index (κ3) is 4.35. The Morgan fingerprint density at radius 3 is 2.00 bits per heavy atom. The molecule has 0 spiro atoms. The van der Waals surface area contributed by atoms with Crippen LogP contribution in [0.15, 0.2) is 0 Å². The summed E-state index contributed by atoms with van der Waals surface area (Å²) in [5, 5.41) is 8.00. The lowest BCUT2D eigenvalue weighted by molar-refractivity contribution is -0.275. The van der Waals surface area contributed by atoms with Gasteiger partial charge in [-0.25, -0.2) is 0 Å². The van der Waals surface area contributed by atoms with Gasteiger partial charge in [0.25, 0.3) is 0 Å². The van der Waals surface area contributed by atoms with E-state index in [4.69, 9.17) is 9.94 Å². The Morgan fingerprint density at radius 2 is 1.78 bits per heavy atom. The van der Waals surface area contributed by atoms with Crippen molar-refractivity contribution in [2.24, 2.45) is 0 Å². The van der Waals surface area contributed by atoms with E-state index in [1.807, 2.05) is 5.90 Å². The zero-order valence-corrected chi connectivity index (χ0v) is 5.80. The lowest BCUT2D eigenvalue weighted by atomic mass is 10.5. The van der Waals surface area contributed by atoms with E-state index in [2.05, 4.69) is 11.9 Å². The highest BCUT2D eigenvalue weighted by atomic mass is 16.5. The van der Waals surface area contributed by atoms with Gasteiger partial charge in [0.05, 0.1) is 13.2 Å². The van der Waals surface area contributed by atoms with Crippen LogP contribution in [0.2, 0.25) is 0 Å². The quantitative estimate of drug-likeness (QED) is 0.418. The van der Waals surface area contributed by atoms with Crippen LogP contribution in [0.5, 0.6) is 0 Å². The van der Waals surface area contributed by atoms with Crippen LogP contribution < -0.4 is 5.90 Å². The molecular weight excluding hydrogens is 120 g/mol. The van der Waals surface area contributed by atoms with Gasteiger partial charge in [-0.1, -0.05) is 0 Å². The van der Waals surface area contributed by atoms with E-state index in [0.717, 1.165) is 26.3 Å². The van der Waals surface area contributed by atoms with Crippen LogP contribution in [0.3, 0.4) is 0 Å². The zero-order valence-electron chi connectivity index (χ0n) is 5.80. The average molecular weight is 134 g/mol. The number of hydrogen-bond acceptors (Lipinski definition) is 3. The Hall–Kier alpha value is -0.160. The zero-order chi connectivity index (χ0) is 7.11. The van der Waals surface area contributed by atoms with Gasteiger partial charge in [-0.15, -0.1) is 0 Å². The van der Waals surface area contributed by atoms with Crippen molar-refractivity contribution in [1.82, 2.24) is 4.90 Å². The van der Waals surface area contributed by atoms with Gasteiger partial charge in [0.1, 0.15) is 0 Å². The van der Waals surface area contributed by atoms with E-state index in [9.17, 15) is 0 Å². The minimum atomic E-state index is 0.913. The minimum Gasteiger partial charge on any atom is -0.637 e. The van der Waals surface area contributed by atoms with Crippen molar-refractivity contribution in [2.75, 3.05) is 33.4 Å². The Morgan fingerprint density at radius 1 is 1.33 bits per heavy atom. The summed E-state index contributed by atoms with van der Waals surface area (Å²) in [6.07, 6.45) is 0. The molecular formula is C5H14N2O2. The average Bonchev–Trinajstić information content (AvgIpc) is 1.94. The molecule has 0 aliphatic carbocycles. The summed E-state index contributed by atoms with van der Waals surface area (Å²) < 4.78 is 5.10. The summed E-state index contributed by atoms with van der Waals surface area (Å²) in [5.74, 6) is 2.00. The van der Waals surface area contributed by atoms with Crippen LogP contribution in [0.4, 0.5) is 0 Å². The van der Waals surface area contributed by atoms with Gasteiger partial charge in [0.15, 0.2) is 0 Å². The number of morpholine rings is 1. The van der Waals surface area contributed by atoms with E-state index >= 15 is 0 Å². The topological polar surface area (TPSA) is 63.2 Å². The SMILES string of the molecule is CN1CCOCC1.[NH3+][O-]. The molecule has 4 nitrogen and oxygen atoms in total. The van der Waals surface area contributed by atoms with Crippen LogP contribution >= 0.6 is 0 Å². The second-order valence-electron chi connectivity index (χ2n) is 1.92. The van der Waals surface area contributed by atoms with Crippen molar-refractivity contribution in [3.05, 3.63) is 5.21 Å². The maximum Gasteiger partial charge on any atom is 0.0594 e. The minimum absolute atomic E-state index is 0.913. The van der Waals surface area contributed by atoms with Crippen molar-refractivity contribution in [1.29, 1.82) is 0 Å². The Labute approximate surface area is 55.2 Å². The van der Waals surface area contributed by atoms with E-state index in [1.54, 1.807) is 0 Å². The Balaban J connectivity index is 0.000000291. The molecule has 0 amide bonds. The highest BCUT2D eigenvalue weighted by molar-refractivity contribution is 4.53. The van der Waals surface area contributed by atoms with Crippen LogP contribution in [0, 0.1) is 5.21 Å². The number of nitrogens with zero attached hydrogens (tertiary/aromatic N) is 1. The smallest absolute Gasteiger partial charge is 0.0594 e. The summed E-state index contributed by atoms with van der Waals surface area (Å²) in [7, 11) is 2.11. The molecule has 1 heterocycles. The summed E-state index contributed by atoms with van der Waals surface area (Å²) in [6.45, 7) is 4.02. The number of ether oxygens (including phenoxy) is 1. The highest BCUT2D eigenvalue weighted by Gasteiger charge is 2.02. The standard InChI is InChI=1S/C5H11NO.H3NO/c1-6-2-4-7-5-3-6;1-2/h2-5H2,1H3;1H3. The third-order valence-electron chi connectivity index (χ3n) is 1.23. The summed E-state index contributed by atoms with van der Waals surface area (Å²) in [5.41, 5.74) is 0. The molecule has 1 saturated heterocycles. The lowest BCUT2D eigenvalue weighted by Gasteiger charge is -2.21. The number of quaternary nitrogens is 1. The van der Waals surface area contributed by atoms with Gasteiger partial charge in [-0.2, -0.15) is 0 Å². The molecule has 0 saturated carbocycles. The first-order valence-corrected chi connectivity index (χ1v) is 2.95. The fourth-order valence-corrected chi connectivity index (χ4v) is 0.655. The van der Waals surface area contributed by atoms with E-state index < -0.39 is 0 Å². The lowest BCUT2D eigenvalue weighted by Crippen LogP contribution is -2.37. The first-order valence-electron chi connectivity index (χ1n) is 2.95. The van der Waals surface area contributed by atoms with Crippen molar-refractivity contribution in [3.8, 4) is 0 Å². The predicted molar refractivity (Wildman–Crippen MR) is 34.6 cm³/mol. The molecule has 0 bridgehead atoms. The number of rotatable bonds is 0. The monoisotopic (exact) mass is 134 g/mol. The van der Waals surface area contributed by atoms with Crippen LogP contribution in [-0.4, -0.2) is 38.3 Å². The van der Waals surface area contributed by atoms with Gasteiger partial charge in [-0.05, 0) is 7.05 Å². The second-order valence-corrected chi connectivity index (χ2v) is 1.92. The maximum absolute atomic E-state index is 8.00. The van der Waals surface area contributed by atoms with Crippen LogP contribution in [-0.2, 0) is 4.74 Å². The summed E-state index contributed by atoms with van der Waals surface area (Å²) in [6, 6.07) is 0. The molecule has 9 heavy (non-hydrogen) atoms. The Bertz CT molecular complexity index is 54.9. The molecule has 1 aliphatic rings. The van der Waals surface area contributed by atoms with E-state index in [1.165, 1.54) is 0 Å². The first kappa shape index (κ1) is 8.84. The van der Waals surface area contributed by atoms with Crippen molar-refractivity contribution in [3.63, 3.8) is 0 Å². The van der Waals surface area contributed by atoms with Gasteiger partial charge in [0, 0.05) is 13.1 Å². The molecule has 0 aromatic rings. The van der Waals surface area contributed by atoms with Gasteiger partial charge < -0.3 is 20.7 Å². The molecule has 4 heteroatoms. The maximum atomic E-state index is 8.00. The number of likely N-dealkylation sites (N-methyl/N-ethyl adjacent to an activating group) is 1. The van der Waals surface area contributed by atoms with Gasteiger partial charge in [0.2, 0.25) is 0 Å². The largest absolute Gasteiger partial charge is 0.637 e. The third-order valence-corrected chi connectivity index (χ3v) is 1.23. The predicted octanol–water partition coefficient (Wildman–Crippen LogP) is -1.33. The molecule has 0 atom stereocenters. The van der Waals surface area contributed by atoms with Gasteiger partial charge >= 0.3 is 0 Å². The fraction of sp³-hybridized carbons (Fsp3) is 1.00. The first-order chi connectivity index (χ1) is 4.39. The number of hydrogen-bond donors (Lipinski definition) is 1. The normalized spacial score (nSPS) is 20.3. The van der Waals surface area contributed by atoms with Crippen molar-refractivity contribution >= 4 is 0 Å². The van der Waals surface area contributed by atoms with Crippen LogP contribution in [0.25, 0.3) is 0 Å². The summed E-state index contributed by atoms with van der Waals surface area (Å²) >= 11 is 0. The van der Waals surface area contributed by atoms with E-state index in [-0.39, 0.29) is 0 Å². The molecule has 56 valence electrons. The van der Waals surface area contributed by atoms with Crippen molar-refractivity contribution < 1.29 is 10.6 Å². The molecule has 0 aromatic heterocycles. The van der Waals surface area contributed by atoms with Crippen molar-refractivity contribution in [2.45, 2.75) is 0 Å². The van der Waals surface area contributed by atoms with Gasteiger partial charge in [-0.3, -0.25) is 0 Å². The molecule has 0 radical (unpaired) electrons. The van der Waals surface area contributed by atoms with E-state index in [0.29, 0.717) is 0 Å². The highest BCUT2D eigenvalue weighted by Crippen LogP contribution is 1.89. The molecule has 1 fully saturated rings. The molecule has 0 unspecified atom stereocenters. The van der Waals surface area contributed by atoms with Crippen LogP contribution in [0.1, 0.15) is 0 Å². The Kier molecular flexibility index (Phi) is 5.86. The molecule has 0 aromatic carbocycles. The molecule has 1 aliphatic heterocycles.